The van der Waals surface area contributed by atoms with E-state index in [4.69, 9.17) is 4.74 Å². The van der Waals surface area contributed by atoms with Crippen LogP contribution in [-0.4, -0.2) is 24.5 Å². The van der Waals surface area contributed by atoms with Gasteiger partial charge in [0.1, 0.15) is 12.4 Å². The Morgan fingerprint density at radius 2 is 2.25 bits per heavy atom. The molecule has 0 saturated carbocycles. The van der Waals surface area contributed by atoms with Crippen LogP contribution in [-0.2, 0) is 17.8 Å². The molecule has 0 unspecified atom stereocenters. The van der Waals surface area contributed by atoms with Crippen molar-refractivity contribution in [2.45, 2.75) is 13.0 Å². The number of hydrogen-bond donors (Lipinski definition) is 0. The molecule has 1 aromatic carbocycles. The molecule has 0 N–H and O–H groups in total. The highest BCUT2D eigenvalue weighted by atomic mass is 32.1. The van der Waals surface area contributed by atoms with Gasteiger partial charge in [0, 0.05) is 13.6 Å². The topological polar surface area (TPSA) is 29.5 Å². The van der Waals surface area contributed by atoms with Crippen LogP contribution in [0.15, 0.2) is 41.1 Å². The van der Waals surface area contributed by atoms with Crippen LogP contribution >= 0.6 is 11.3 Å². The van der Waals surface area contributed by atoms with Gasteiger partial charge in [0.05, 0.1) is 5.92 Å². The first-order valence-corrected chi connectivity index (χ1v) is 7.65. The van der Waals surface area contributed by atoms with Crippen molar-refractivity contribution in [3.63, 3.8) is 0 Å². The zero-order chi connectivity index (χ0) is 13.9. The molecule has 2 aromatic rings. The molecule has 3 nitrogen and oxygen atoms in total. The lowest BCUT2D eigenvalue weighted by Gasteiger charge is -2.28. The van der Waals surface area contributed by atoms with E-state index in [1.165, 1.54) is 5.56 Å². The Morgan fingerprint density at radius 1 is 1.40 bits per heavy atom. The van der Waals surface area contributed by atoms with Crippen LogP contribution in [0.4, 0.5) is 0 Å². The number of hydrogen-bond acceptors (Lipinski definition) is 3. The molecule has 3 rings (SSSR count). The SMILES string of the molecule is CN(Cc1ccsc1)C(=O)[C@@H]1COc2ccccc2C1. The summed E-state index contributed by atoms with van der Waals surface area (Å²) in [5.41, 5.74) is 2.31. The largest absolute Gasteiger partial charge is 0.492 e. The van der Waals surface area contributed by atoms with Crippen molar-refractivity contribution < 1.29 is 9.53 Å². The Balaban J connectivity index is 1.66. The van der Waals surface area contributed by atoms with Crippen molar-refractivity contribution >= 4 is 17.2 Å². The highest BCUT2D eigenvalue weighted by Crippen LogP contribution is 2.27. The van der Waals surface area contributed by atoms with Crippen LogP contribution in [0.5, 0.6) is 5.75 Å². The van der Waals surface area contributed by atoms with Gasteiger partial charge in [-0.3, -0.25) is 4.79 Å². The average molecular weight is 287 g/mol. The third kappa shape index (κ3) is 2.70. The smallest absolute Gasteiger partial charge is 0.229 e. The van der Waals surface area contributed by atoms with Gasteiger partial charge in [0.25, 0.3) is 0 Å². The van der Waals surface area contributed by atoms with Crippen molar-refractivity contribution in [3.8, 4) is 5.75 Å². The van der Waals surface area contributed by atoms with Crippen LogP contribution in [0.25, 0.3) is 0 Å². The van der Waals surface area contributed by atoms with Gasteiger partial charge >= 0.3 is 0 Å². The molecule has 0 saturated heterocycles. The van der Waals surface area contributed by atoms with E-state index < -0.39 is 0 Å². The number of amides is 1. The van der Waals surface area contributed by atoms with Crippen molar-refractivity contribution in [1.82, 2.24) is 4.90 Å². The minimum Gasteiger partial charge on any atom is -0.492 e. The van der Waals surface area contributed by atoms with E-state index in [-0.39, 0.29) is 11.8 Å². The van der Waals surface area contributed by atoms with E-state index in [1.54, 1.807) is 16.2 Å². The minimum atomic E-state index is -0.0754. The van der Waals surface area contributed by atoms with Crippen LogP contribution in [0.3, 0.4) is 0 Å². The Kier molecular flexibility index (Phi) is 3.74. The summed E-state index contributed by atoms with van der Waals surface area (Å²) in [6.07, 6.45) is 0.767. The summed E-state index contributed by atoms with van der Waals surface area (Å²) in [6.45, 7) is 1.14. The maximum Gasteiger partial charge on any atom is 0.229 e. The van der Waals surface area contributed by atoms with Gasteiger partial charge in [-0.1, -0.05) is 18.2 Å². The molecule has 1 amide bonds. The quantitative estimate of drug-likeness (QED) is 0.868. The monoisotopic (exact) mass is 287 g/mol. The number of ether oxygens (including phenoxy) is 1. The zero-order valence-corrected chi connectivity index (χ0v) is 12.2. The maximum atomic E-state index is 12.5. The maximum absolute atomic E-state index is 12.5. The normalized spacial score (nSPS) is 17.1. The Bertz CT molecular complexity index is 594. The molecule has 1 aliphatic rings. The summed E-state index contributed by atoms with van der Waals surface area (Å²) in [7, 11) is 1.86. The fourth-order valence-corrected chi connectivity index (χ4v) is 3.19. The van der Waals surface area contributed by atoms with Gasteiger partial charge in [-0.25, -0.2) is 0 Å². The summed E-state index contributed by atoms with van der Waals surface area (Å²) in [4.78, 5) is 14.3. The molecule has 1 aliphatic heterocycles. The molecule has 20 heavy (non-hydrogen) atoms. The first-order chi connectivity index (χ1) is 9.74. The second-order valence-corrected chi connectivity index (χ2v) is 5.93. The minimum absolute atomic E-state index is 0.0754. The Hall–Kier alpha value is -1.81. The van der Waals surface area contributed by atoms with Crippen molar-refractivity contribution in [2.24, 2.45) is 5.92 Å². The molecule has 104 valence electrons. The second kappa shape index (κ2) is 5.67. The van der Waals surface area contributed by atoms with Gasteiger partial charge in [-0.05, 0) is 40.4 Å². The van der Waals surface area contributed by atoms with E-state index in [0.717, 1.165) is 17.7 Å². The van der Waals surface area contributed by atoms with E-state index in [9.17, 15) is 4.79 Å². The number of benzene rings is 1. The second-order valence-electron chi connectivity index (χ2n) is 5.15. The first-order valence-electron chi connectivity index (χ1n) is 6.71. The van der Waals surface area contributed by atoms with E-state index >= 15 is 0 Å². The summed E-state index contributed by atoms with van der Waals surface area (Å²) < 4.78 is 5.70. The fraction of sp³-hybridized carbons (Fsp3) is 0.312. The molecule has 2 heterocycles. The highest BCUT2D eigenvalue weighted by Gasteiger charge is 2.28. The first kappa shape index (κ1) is 13.2. The Labute approximate surface area is 122 Å². The van der Waals surface area contributed by atoms with Gasteiger partial charge in [-0.2, -0.15) is 11.3 Å². The Morgan fingerprint density at radius 3 is 3.05 bits per heavy atom. The van der Waals surface area contributed by atoms with E-state index in [1.807, 2.05) is 36.7 Å². The van der Waals surface area contributed by atoms with Crippen molar-refractivity contribution in [1.29, 1.82) is 0 Å². The van der Waals surface area contributed by atoms with Gasteiger partial charge in [0.15, 0.2) is 0 Å². The molecule has 1 atom stereocenters. The molecular formula is C16H17NO2S. The molecule has 0 fully saturated rings. The molecule has 0 spiro atoms. The zero-order valence-electron chi connectivity index (χ0n) is 11.4. The van der Waals surface area contributed by atoms with Crippen LogP contribution in [0, 0.1) is 5.92 Å². The number of nitrogens with zero attached hydrogens (tertiary/aromatic N) is 1. The van der Waals surface area contributed by atoms with Crippen molar-refractivity contribution in [3.05, 3.63) is 52.2 Å². The number of para-hydroxylation sites is 1. The molecule has 1 aromatic heterocycles. The van der Waals surface area contributed by atoms with Crippen molar-refractivity contribution in [2.75, 3.05) is 13.7 Å². The predicted molar refractivity (Wildman–Crippen MR) is 79.9 cm³/mol. The van der Waals surface area contributed by atoms with Crippen LogP contribution in [0.2, 0.25) is 0 Å². The fourth-order valence-electron chi connectivity index (χ4n) is 2.53. The molecule has 4 heteroatoms. The standard InChI is InChI=1S/C16H17NO2S/c1-17(9-12-6-7-20-11-12)16(18)14-8-13-4-2-3-5-15(13)19-10-14/h2-7,11,14H,8-10H2,1H3/t14-/m0/s1. The third-order valence-electron chi connectivity index (χ3n) is 3.60. The van der Waals surface area contributed by atoms with Gasteiger partial charge < -0.3 is 9.64 Å². The highest BCUT2D eigenvalue weighted by molar-refractivity contribution is 7.07. The third-order valence-corrected chi connectivity index (χ3v) is 4.34. The van der Waals surface area contributed by atoms with E-state index in [0.29, 0.717) is 13.2 Å². The summed E-state index contributed by atoms with van der Waals surface area (Å²) >= 11 is 1.66. The summed E-state index contributed by atoms with van der Waals surface area (Å²) in [5, 5.41) is 4.12. The molecule has 0 bridgehead atoms. The van der Waals surface area contributed by atoms with E-state index in [2.05, 4.69) is 11.4 Å². The molecule has 0 aliphatic carbocycles. The number of fused-ring (bicyclic) bond motifs is 1. The number of carbonyl (C=O) groups excluding carboxylic acids is 1. The molecular weight excluding hydrogens is 270 g/mol. The summed E-state index contributed by atoms with van der Waals surface area (Å²) in [6, 6.07) is 10.0. The lowest BCUT2D eigenvalue weighted by molar-refractivity contribution is -0.136. The number of carbonyl (C=O) groups is 1. The van der Waals surface area contributed by atoms with Gasteiger partial charge in [0.2, 0.25) is 5.91 Å². The lowest BCUT2D eigenvalue weighted by atomic mass is 9.95. The predicted octanol–water partition coefficient (Wildman–Crippen LogP) is 2.96. The average Bonchev–Trinajstić information content (AvgIpc) is 2.99. The number of rotatable bonds is 3. The number of thiophene rings is 1. The summed E-state index contributed by atoms with van der Waals surface area (Å²) in [5.74, 6) is 0.997. The lowest BCUT2D eigenvalue weighted by Crippen LogP contribution is -2.38. The van der Waals surface area contributed by atoms with Gasteiger partial charge in [-0.15, -0.1) is 0 Å². The van der Waals surface area contributed by atoms with Crippen LogP contribution < -0.4 is 4.74 Å². The molecule has 0 radical (unpaired) electrons. The van der Waals surface area contributed by atoms with Crippen LogP contribution in [0.1, 0.15) is 11.1 Å².